The molecule has 0 saturated heterocycles. The summed E-state index contributed by atoms with van der Waals surface area (Å²) in [5.41, 5.74) is 0. The van der Waals surface area contributed by atoms with E-state index in [1.807, 2.05) is 0 Å². The second-order valence-corrected chi connectivity index (χ2v) is 6.55. The van der Waals surface area contributed by atoms with Crippen LogP contribution in [-0.4, -0.2) is 77.1 Å². The van der Waals surface area contributed by atoms with Gasteiger partial charge in [0.25, 0.3) is 20.2 Å². The van der Waals surface area contributed by atoms with Crippen molar-refractivity contribution < 1.29 is 40.2 Å². The third-order valence-corrected chi connectivity index (χ3v) is 3.08. The van der Waals surface area contributed by atoms with E-state index >= 15 is 0 Å². The summed E-state index contributed by atoms with van der Waals surface area (Å²) in [6.45, 7) is 0.529. The van der Waals surface area contributed by atoms with E-state index in [-0.39, 0.29) is 39.6 Å². The monoisotopic (exact) mass is 322 g/mol. The average molecular weight is 322 g/mol. The molecule has 0 fully saturated rings. The average Bonchev–Trinajstić information content (AvgIpc) is 2.22. The van der Waals surface area contributed by atoms with Gasteiger partial charge in [-0.1, -0.05) is 0 Å². The third-order valence-electron chi connectivity index (χ3n) is 1.72. The largest absolute Gasteiger partial charge is 0.378 e. The molecule has 0 aliphatic rings. The molecule has 0 aliphatic carbocycles. The lowest BCUT2D eigenvalue weighted by molar-refractivity contribution is 0.0199. The molecule has 0 aromatic heterocycles. The van der Waals surface area contributed by atoms with Crippen molar-refractivity contribution in [2.45, 2.75) is 0 Å². The van der Waals surface area contributed by atoms with Gasteiger partial charge in [0.2, 0.25) is 0 Å². The van der Waals surface area contributed by atoms with Crippen molar-refractivity contribution in [3.8, 4) is 0 Å². The molecular formula is C8H18O9S2. The van der Waals surface area contributed by atoms with Crippen LogP contribution in [0.4, 0.5) is 0 Å². The molecule has 2 N–H and O–H groups in total. The highest BCUT2D eigenvalue weighted by molar-refractivity contribution is 7.86. The fourth-order valence-corrected chi connectivity index (χ4v) is 1.53. The third kappa shape index (κ3) is 17.7. The molecule has 0 saturated carbocycles. The fourth-order valence-electron chi connectivity index (χ4n) is 0.870. The van der Waals surface area contributed by atoms with Crippen molar-refractivity contribution in [3.05, 3.63) is 0 Å². The zero-order chi connectivity index (χ0) is 14.8. The minimum Gasteiger partial charge on any atom is -0.378 e. The van der Waals surface area contributed by atoms with Crippen LogP contribution in [0.1, 0.15) is 0 Å². The van der Waals surface area contributed by atoms with Gasteiger partial charge in [-0.3, -0.25) is 9.11 Å². The summed E-state index contributed by atoms with van der Waals surface area (Å²) >= 11 is 0. The molecule has 0 amide bonds. The van der Waals surface area contributed by atoms with Gasteiger partial charge in [0.15, 0.2) is 0 Å². The Hall–Kier alpha value is -0.300. The summed E-state index contributed by atoms with van der Waals surface area (Å²) in [6.07, 6.45) is 0. The SMILES string of the molecule is O=S(=O)(O)CCOCCOCCOCCS(=O)(=O)O. The van der Waals surface area contributed by atoms with Crippen molar-refractivity contribution in [1.29, 1.82) is 0 Å². The van der Waals surface area contributed by atoms with Gasteiger partial charge in [-0.2, -0.15) is 16.8 Å². The maximum atomic E-state index is 10.3. The second-order valence-electron chi connectivity index (χ2n) is 3.41. The first-order valence-corrected chi connectivity index (χ1v) is 8.56. The van der Waals surface area contributed by atoms with Gasteiger partial charge in [0.05, 0.1) is 51.1 Å². The lowest BCUT2D eigenvalue weighted by Crippen LogP contribution is -2.15. The van der Waals surface area contributed by atoms with Gasteiger partial charge in [-0.05, 0) is 0 Å². The van der Waals surface area contributed by atoms with Crippen molar-refractivity contribution in [3.63, 3.8) is 0 Å². The van der Waals surface area contributed by atoms with Crippen LogP contribution in [0.5, 0.6) is 0 Å². The summed E-state index contributed by atoms with van der Waals surface area (Å²) in [5.74, 6) is -0.933. The highest BCUT2D eigenvalue weighted by Gasteiger charge is 2.04. The fraction of sp³-hybridized carbons (Fsp3) is 1.00. The molecule has 0 heterocycles. The van der Waals surface area contributed by atoms with Crippen molar-refractivity contribution in [2.75, 3.05) is 51.1 Å². The Labute approximate surface area is 112 Å². The molecule has 0 aliphatic heterocycles. The summed E-state index contributed by atoms with van der Waals surface area (Å²) < 4.78 is 72.7. The van der Waals surface area contributed by atoms with E-state index in [1.54, 1.807) is 0 Å². The first-order valence-electron chi connectivity index (χ1n) is 5.34. The van der Waals surface area contributed by atoms with E-state index in [2.05, 4.69) is 0 Å². The van der Waals surface area contributed by atoms with Crippen molar-refractivity contribution in [1.82, 2.24) is 0 Å². The molecule has 9 nitrogen and oxygen atoms in total. The minimum atomic E-state index is -4.00. The highest BCUT2D eigenvalue weighted by Crippen LogP contribution is 1.86. The molecular weight excluding hydrogens is 304 g/mol. The van der Waals surface area contributed by atoms with Crippen LogP contribution in [0, 0.1) is 0 Å². The van der Waals surface area contributed by atoms with Crippen molar-refractivity contribution >= 4 is 20.2 Å². The van der Waals surface area contributed by atoms with Gasteiger partial charge in [-0.25, -0.2) is 0 Å². The first kappa shape index (κ1) is 18.7. The molecule has 0 aromatic rings. The Kier molecular flexibility index (Phi) is 9.43. The van der Waals surface area contributed by atoms with E-state index in [0.29, 0.717) is 0 Å². The molecule has 19 heavy (non-hydrogen) atoms. The Balaban J connectivity index is 3.20. The molecule has 0 unspecified atom stereocenters. The number of ether oxygens (including phenoxy) is 3. The van der Waals surface area contributed by atoms with Crippen LogP contribution in [0.25, 0.3) is 0 Å². The topological polar surface area (TPSA) is 136 Å². The maximum Gasteiger partial charge on any atom is 0.267 e. The van der Waals surface area contributed by atoms with Crippen LogP contribution < -0.4 is 0 Å². The Morgan fingerprint density at radius 1 is 0.579 bits per heavy atom. The molecule has 0 radical (unpaired) electrons. The first-order chi connectivity index (χ1) is 8.71. The minimum absolute atomic E-state index is 0.118. The number of hydrogen-bond acceptors (Lipinski definition) is 7. The lowest BCUT2D eigenvalue weighted by atomic mass is 10.7. The maximum absolute atomic E-state index is 10.3. The lowest BCUT2D eigenvalue weighted by Gasteiger charge is -2.05. The summed E-state index contributed by atoms with van der Waals surface area (Å²) in [6, 6.07) is 0. The van der Waals surface area contributed by atoms with Crippen LogP contribution in [0.15, 0.2) is 0 Å². The predicted octanol–water partition coefficient (Wildman–Crippen LogP) is -1.19. The number of hydrogen-bond donors (Lipinski definition) is 2. The zero-order valence-corrected chi connectivity index (χ0v) is 11.9. The Bertz CT molecular complexity index is 374. The standard InChI is InChI=1S/C8H18O9S2/c9-18(10,11)7-5-16-3-1-15-2-4-17-6-8-19(12,13)14/h1-8H2,(H,9,10,11)(H,12,13,14). The normalized spacial score (nSPS) is 12.7. The predicted molar refractivity (Wildman–Crippen MR) is 65.3 cm³/mol. The summed E-state index contributed by atoms with van der Waals surface area (Å²) in [4.78, 5) is 0. The summed E-state index contributed by atoms with van der Waals surface area (Å²) in [5, 5.41) is 0. The van der Waals surface area contributed by atoms with Gasteiger partial charge in [-0.15, -0.1) is 0 Å². The van der Waals surface area contributed by atoms with Crippen LogP contribution >= 0.6 is 0 Å². The number of rotatable bonds is 12. The van der Waals surface area contributed by atoms with Crippen LogP contribution in [-0.2, 0) is 34.4 Å². The molecule has 0 bridgehead atoms. The van der Waals surface area contributed by atoms with E-state index < -0.39 is 31.7 Å². The van der Waals surface area contributed by atoms with E-state index in [0.717, 1.165) is 0 Å². The molecule has 0 spiro atoms. The molecule has 0 rings (SSSR count). The van der Waals surface area contributed by atoms with Gasteiger partial charge < -0.3 is 14.2 Å². The highest BCUT2D eigenvalue weighted by atomic mass is 32.2. The quantitative estimate of drug-likeness (QED) is 0.335. The Morgan fingerprint density at radius 2 is 0.842 bits per heavy atom. The van der Waals surface area contributed by atoms with Crippen LogP contribution in [0.2, 0.25) is 0 Å². The van der Waals surface area contributed by atoms with Gasteiger partial charge >= 0.3 is 0 Å². The smallest absolute Gasteiger partial charge is 0.267 e. The molecule has 11 heteroatoms. The van der Waals surface area contributed by atoms with Gasteiger partial charge in [0.1, 0.15) is 0 Å². The molecule has 116 valence electrons. The van der Waals surface area contributed by atoms with Crippen LogP contribution in [0.3, 0.4) is 0 Å². The Morgan fingerprint density at radius 3 is 1.11 bits per heavy atom. The van der Waals surface area contributed by atoms with Gasteiger partial charge in [0, 0.05) is 0 Å². The summed E-state index contributed by atoms with van der Waals surface area (Å²) in [7, 11) is -8.00. The van der Waals surface area contributed by atoms with E-state index in [1.165, 1.54) is 0 Å². The van der Waals surface area contributed by atoms with E-state index in [4.69, 9.17) is 23.3 Å². The molecule has 0 aromatic carbocycles. The second kappa shape index (κ2) is 9.58. The molecule has 0 atom stereocenters. The van der Waals surface area contributed by atoms with E-state index in [9.17, 15) is 16.8 Å². The zero-order valence-electron chi connectivity index (χ0n) is 10.2. The van der Waals surface area contributed by atoms with Crippen molar-refractivity contribution in [2.24, 2.45) is 0 Å².